The Kier molecular flexibility index (Phi) is 69.6. The highest BCUT2D eigenvalue weighted by Crippen LogP contribution is 2.25. The minimum atomic E-state index is -0.667. The van der Waals surface area contributed by atoms with E-state index in [2.05, 4.69) is 6.58 Å². The maximum absolute atomic E-state index is 9.64. The number of aliphatic hydroxyl groups is 8. The van der Waals surface area contributed by atoms with Crippen molar-refractivity contribution in [2.45, 2.75) is 68.2 Å². The molecule has 14 heteroatoms. The van der Waals surface area contributed by atoms with Gasteiger partial charge >= 0.3 is 0 Å². The minimum Gasteiger partial charge on any atom is -0.483 e. The third-order valence-corrected chi connectivity index (χ3v) is 6.04. The number of hydrogen-bond acceptors (Lipinski definition) is 12. The maximum atomic E-state index is 9.64. The molecule has 0 saturated heterocycles. The van der Waals surface area contributed by atoms with Gasteiger partial charge in [-0.05, 0) is 31.3 Å². The molecule has 0 atom stereocenters. The summed E-state index contributed by atoms with van der Waals surface area (Å²) in [5.41, 5.74) is -1.27. The predicted molar refractivity (Wildman–Crippen MR) is 165 cm³/mol. The summed E-state index contributed by atoms with van der Waals surface area (Å²) in [5, 5.41) is 76.8. The molecule has 0 spiro atoms. The zero-order valence-corrected chi connectivity index (χ0v) is 24.9. The molecule has 0 aliphatic carbocycles. The van der Waals surface area contributed by atoms with Crippen LogP contribution in [0.1, 0.15) is 68.2 Å². The largest absolute Gasteiger partial charge is 0.483 e. The van der Waals surface area contributed by atoms with E-state index in [1.165, 1.54) is 0 Å². The van der Waals surface area contributed by atoms with E-state index in [1.54, 1.807) is 0 Å². The molecule has 0 aromatic heterocycles. The Hall–Kier alpha value is -1.85. The summed E-state index contributed by atoms with van der Waals surface area (Å²) in [5.74, 6) is 0. The molecule has 0 unspecified atom stereocenters. The number of carbonyl (C=O) groups excluding carboxylic acids is 2. The van der Waals surface area contributed by atoms with E-state index < -0.39 is 16.2 Å². The second-order valence-electron chi connectivity index (χ2n) is 8.40. The van der Waals surface area contributed by atoms with E-state index in [0.29, 0.717) is 24.8 Å². The van der Waals surface area contributed by atoms with Crippen molar-refractivity contribution in [1.29, 1.82) is 0 Å². The highest BCUT2D eigenvalue weighted by atomic mass is 16.5. The van der Waals surface area contributed by atoms with Crippen LogP contribution in [0.4, 0.5) is 0 Å². The molecule has 0 amide bonds. The van der Waals surface area contributed by atoms with E-state index in [1.807, 2.05) is 34.5 Å². The molecular formula is C28H66O14. The van der Waals surface area contributed by atoms with Crippen molar-refractivity contribution in [2.24, 2.45) is 16.2 Å². The fourth-order valence-corrected chi connectivity index (χ4v) is 1.99. The zero-order valence-electron chi connectivity index (χ0n) is 24.9. The van der Waals surface area contributed by atoms with Crippen LogP contribution in [0, 0.1) is 16.2 Å². The Labute approximate surface area is 253 Å². The Morgan fingerprint density at radius 1 is 0.643 bits per heavy atom. The molecule has 11 N–H and O–H groups in total. The molecular weight excluding hydrogens is 560 g/mol. The van der Waals surface area contributed by atoms with Gasteiger partial charge in [-0.1, -0.05) is 49.1 Å². The van der Waals surface area contributed by atoms with Gasteiger partial charge in [0, 0.05) is 23.4 Å². The van der Waals surface area contributed by atoms with Crippen molar-refractivity contribution in [3.05, 3.63) is 12.2 Å². The number of rotatable bonds is 16. The van der Waals surface area contributed by atoms with E-state index in [4.69, 9.17) is 39.9 Å². The first-order chi connectivity index (χ1) is 18.5. The molecule has 42 heavy (non-hydrogen) atoms. The first-order valence-corrected chi connectivity index (χ1v) is 12.3. The molecule has 0 aromatic carbocycles. The third-order valence-electron chi connectivity index (χ3n) is 6.04. The average molecular weight is 627 g/mol. The second-order valence-corrected chi connectivity index (χ2v) is 8.40. The van der Waals surface area contributed by atoms with Crippen molar-refractivity contribution in [3.8, 4) is 0 Å². The lowest BCUT2D eigenvalue weighted by atomic mass is 9.86. The maximum Gasteiger partial charge on any atom is 0.290 e. The molecule has 0 radical (unpaired) electrons. The predicted octanol–water partition coefficient (Wildman–Crippen LogP) is -0.152. The number of carbonyl (C=O) groups is 3. The number of aliphatic hydroxyl groups excluding tert-OH is 8. The molecule has 0 saturated carbocycles. The Morgan fingerprint density at radius 3 is 0.929 bits per heavy atom. The summed E-state index contributed by atoms with van der Waals surface area (Å²) in [6.07, 6.45) is 3.36. The summed E-state index contributed by atoms with van der Waals surface area (Å²) >= 11 is 0. The van der Waals surface area contributed by atoms with Gasteiger partial charge in [0.15, 0.2) is 0 Å². The first-order valence-electron chi connectivity index (χ1n) is 12.3. The van der Waals surface area contributed by atoms with Crippen LogP contribution < -0.4 is 0 Å². The van der Waals surface area contributed by atoms with E-state index in [-0.39, 0.29) is 86.3 Å². The Bertz CT molecular complexity index is 453. The molecule has 0 heterocycles. The lowest BCUT2D eigenvalue weighted by Gasteiger charge is -2.32. The Balaban J connectivity index is -0.0000000529. The standard InChI is InChI=1S/C12H26O5.C6H14O3.C5H8O.CH2O2.CH4O.CH2O.2CH4.H2O/c1-3-11(5-13,6-14)9-17-10-12(4-2,7-15)8-16;1-2-6(3-7,4-8)5-9;1-3-5(2)4-6;2-1-3;2*1-2;;;/h13-16H,3-10H2,1-2H3;7-9H,2-5H2,1H3;4H,2-3H2,1H3;1H,(H,2,3);2H,1H3;1H2;2*1H4;1H2. The average Bonchev–Trinajstić information content (AvgIpc) is 3.02. The van der Waals surface area contributed by atoms with Crippen molar-refractivity contribution >= 4 is 19.5 Å². The lowest BCUT2D eigenvalue weighted by Crippen LogP contribution is -2.39. The number of ether oxygens (including phenoxy) is 1. The van der Waals surface area contributed by atoms with Crippen LogP contribution in [-0.2, 0) is 19.1 Å². The monoisotopic (exact) mass is 626 g/mol. The van der Waals surface area contributed by atoms with Crippen molar-refractivity contribution in [3.63, 3.8) is 0 Å². The first kappa shape index (κ1) is 63.4. The van der Waals surface area contributed by atoms with Crippen LogP contribution in [-0.4, -0.2) is 138 Å². The topological polar surface area (TPSA) is 274 Å². The SMILES string of the molecule is C.C.C=C(C=O)CC.C=O.CCC(CO)(CO)CO.CCC(CO)(CO)COCC(CC)(CO)CO.CO.O.O=CO. The summed E-state index contributed by atoms with van der Waals surface area (Å²) in [6.45, 7) is 12.1. The van der Waals surface area contributed by atoms with Gasteiger partial charge in [-0.25, -0.2) is 0 Å². The highest BCUT2D eigenvalue weighted by Gasteiger charge is 2.31. The van der Waals surface area contributed by atoms with E-state index in [9.17, 15) is 25.2 Å². The van der Waals surface area contributed by atoms with E-state index in [0.717, 1.165) is 19.8 Å². The summed E-state index contributed by atoms with van der Waals surface area (Å²) in [4.78, 5) is 26.0. The van der Waals surface area contributed by atoms with Crippen molar-refractivity contribution in [2.75, 3.05) is 66.6 Å². The van der Waals surface area contributed by atoms with Crippen LogP contribution >= 0.6 is 0 Å². The summed E-state index contributed by atoms with van der Waals surface area (Å²) in [6, 6.07) is 0. The minimum absolute atomic E-state index is 0. The summed E-state index contributed by atoms with van der Waals surface area (Å²) < 4.78 is 5.47. The van der Waals surface area contributed by atoms with Crippen LogP contribution in [0.3, 0.4) is 0 Å². The van der Waals surface area contributed by atoms with Crippen LogP contribution in [0.15, 0.2) is 12.2 Å². The highest BCUT2D eigenvalue weighted by molar-refractivity contribution is 5.71. The number of aldehydes is 1. The molecule has 14 nitrogen and oxygen atoms in total. The molecule has 0 fully saturated rings. The van der Waals surface area contributed by atoms with Crippen LogP contribution in [0.5, 0.6) is 0 Å². The molecule has 0 aliphatic heterocycles. The molecule has 0 aromatic rings. The van der Waals surface area contributed by atoms with Crippen LogP contribution in [0.2, 0.25) is 0 Å². The number of hydrogen-bond donors (Lipinski definition) is 9. The third kappa shape index (κ3) is 32.7. The van der Waals surface area contributed by atoms with Crippen LogP contribution in [0.25, 0.3) is 0 Å². The Morgan fingerprint density at radius 2 is 0.857 bits per heavy atom. The second kappa shape index (κ2) is 46.1. The molecule has 262 valence electrons. The van der Waals surface area contributed by atoms with Gasteiger partial charge in [0.2, 0.25) is 0 Å². The number of allylic oxidation sites excluding steroid dienone is 1. The van der Waals surface area contributed by atoms with E-state index >= 15 is 0 Å². The zero-order chi connectivity index (χ0) is 32.4. The fourth-order valence-electron chi connectivity index (χ4n) is 1.99. The fraction of sp³-hybridized carbons (Fsp3) is 0.821. The van der Waals surface area contributed by atoms with Gasteiger partial charge in [-0.3, -0.25) is 9.59 Å². The molecule has 0 rings (SSSR count). The smallest absolute Gasteiger partial charge is 0.290 e. The van der Waals surface area contributed by atoms with Gasteiger partial charge in [0.1, 0.15) is 13.1 Å². The van der Waals surface area contributed by atoms with Gasteiger partial charge in [-0.2, -0.15) is 0 Å². The lowest BCUT2D eigenvalue weighted by molar-refractivity contribution is -0.122. The number of carboxylic acid groups (broad SMARTS) is 1. The van der Waals surface area contributed by atoms with Gasteiger partial charge < -0.3 is 61.0 Å². The quantitative estimate of drug-likeness (QED) is 0.0797. The van der Waals surface area contributed by atoms with Crippen molar-refractivity contribution < 1.29 is 70.6 Å². The normalized spacial score (nSPS) is 9.45. The van der Waals surface area contributed by atoms with Gasteiger partial charge in [0.25, 0.3) is 6.47 Å². The molecule has 0 bridgehead atoms. The summed E-state index contributed by atoms with van der Waals surface area (Å²) in [7, 11) is 1.00. The van der Waals surface area contributed by atoms with Gasteiger partial charge in [0.05, 0.1) is 59.5 Å². The molecule has 0 aliphatic rings. The van der Waals surface area contributed by atoms with Crippen molar-refractivity contribution in [1.82, 2.24) is 0 Å². The van der Waals surface area contributed by atoms with Gasteiger partial charge in [-0.15, -0.1) is 0 Å².